The normalized spacial score (nSPS) is 14.4. The molecule has 0 aliphatic heterocycles. The van der Waals surface area contributed by atoms with E-state index in [0.717, 1.165) is 13.0 Å². The van der Waals surface area contributed by atoms with E-state index in [0.29, 0.717) is 25.2 Å². The molecular weight excluding hydrogens is 250 g/mol. The van der Waals surface area contributed by atoms with Gasteiger partial charge in [-0.25, -0.2) is 13.1 Å². The lowest BCUT2D eigenvalue weighted by Crippen LogP contribution is -2.39. The Kier molecular flexibility index (Phi) is 8.77. The second-order valence-electron chi connectivity index (χ2n) is 5.06. The fraction of sp³-hybridized carbons (Fsp3) is 1.00. The SMILES string of the molecule is CCC(C)N(C)CCNS(=O)(=O)CCNC(C)C. The molecule has 0 heterocycles. The molecule has 0 radical (unpaired) electrons. The number of nitrogens with zero attached hydrogens (tertiary/aromatic N) is 1. The highest BCUT2D eigenvalue weighted by molar-refractivity contribution is 7.89. The first-order valence-corrected chi connectivity index (χ1v) is 8.34. The van der Waals surface area contributed by atoms with Gasteiger partial charge in [0.15, 0.2) is 0 Å². The van der Waals surface area contributed by atoms with E-state index in [1.165, 1.54) is 0 Å². The van der Waals surface area contributed by atoms with E-state index in [1.807, 2.05) is 20.9 Å². The Morgan fingerprint density at radius 1 is 1.17 bits per heavy atom. The second kappa shape index (κ2) is 8.85. The molecule has 1 unspecified atom stereocenters. The Bertz CT molecular complexity index is 304. The van der Waals surface area contributed by atoms with E-state index in [1.54, 1.807) is 0 Å². The van der Waals surface area contributed by atoms with Gasteiger partial charge in [-0.1, -0.05) is 20.8 Å². The number of hydrogen-bond acceptors (Lipinski definition) is 4. The van der Waals surface area contributed by atoms with Crippen LogP contribution in [-0.4, -0.2) is 57.8 Å². The summed E-state index contributed by atoms with van der Waals surface area (Å²) in [5.41, 5.74) is 0. The van der Waals surface area contributed by atoms with E-state index in [-0.39, 0.29) is 5.75 Å². The second-order valence-corrected chi connectivity index (χ2v) is 6.99. The van der Waals surface area contributed by atoms with Gasteiger partial charge in [0, 0.05) is 31.7 Å². The summed E-state index contributed by atoms with van der Waals surface area (Å²) in [6.07, 6.45) is 1.07. The fourth-order valence-corrected chi connectivity index (χ4v) is 2.40. The monoisotopic (exact) mass is 279 g/mol. The van der Waals surface area contributed by atoms with Crippen molar-refractivity contribution in [1.82, 2.24) is 14.9 Å². The summed E-state index contributed by atoms with van der Waals surface area (Å²) in [7, 11) is -1.13. The van der Waals surface area contributed by atoms with Crippen molar-refractivity contribution in [1.29, 1.82) is 0 Å². The zero-order chi connectivity index (χ0) is 14.2. The summed E-state index contributed by atoms with van der Waals surface area (Å²) in [6, 6.07) is 0.800. The number of rotatable bonds is 10. The van der Waals surface area contributed by atoms with Crippen molar-refractivity contribution >= 4 is 10.0 Å². The molecule has 0 aromatic carbocycles. The highest BCUT2D eigenvalue weighted by atomic mass is 32.2. The molecule has 2 N–H and O–H groups in total. The summed E-state index contributed by atoms with van der Waals surface area (Å²) >= 11 is 0. The molecule has 18 heavy (non-hydrogen) atoms. The molecule has 0 fully saturated rings. The van der Waals surface area contributed by atoms with Crippen molar-refractivity contribution in [3.05, 3.63) is 0 Å². The molecule has 0 aliphatic carbocycles. The van der Waals surface area contributed by atoms with E-state index in [4.69, 9.17) is 0 Å². The maximum atomic E-state index is 11.7. The molecule has 0 saturated heterocycles. The smallest absolute Gasteiger partial charge is 0.212 e. The van der Waals surface area contributed by atoms with Crippen molar-refractivity contribution in [3.63, 3.8) is 0 Å². The van der Waals surface area contributed by atoms with Crippen molar-refractivity contribution in [2.45, 2.75) is 46.2 Å². The fourth-order valence-electron chi connectivity index (χ4n) is 1.46. The number of hydrogen-bond donors (Lipinski definition) is 2. The van der Waals surface area contributed by atoms with Crippen LogP contribution < -0.4 is 10.0 Å². The molecule has 5 nitrogen and oxygen atoms in total. The molecule has 110 valence electrons. The van der Waals surface area contributed by atoms with Crippen LogP contribution in [0.15, 0.2) is 0 Å². The van der Waals surface area contributed by atoms with Gasteiger partial charge in [0.1, 0.15) is 0 Å². The van der Waals surface area contributed by atoms with Crippen molar-refractivity contribution < 1.29 is 8.42 Å². The lowest BCUT2D eigenvalue weighted by atomic mass is 10.2. The van der Waals surface area contributed by atoms with Crippen molar-refractivity contribution in [2.24, 2.45) is 0 Å². The van der Waals surface area contributed by atoms with Crippen LogP contribution in [-0.2, 0) is 10.0 Å². The van der Waals surface area contributed by atoms with Gasteiger partial charge in [0.05, 0.1) is 5.75 Å². The minimum atomic E-state index is -3.14. The molecule has 0 rings (SSSR count). The van der Waals surface area contributed by atoms with Gasteiger partial charge in [0.25, 0.3) is 0 Å². The summed E-state index contributed by atoms with van der Waals surface area (Å²) in [4.78, 5) is 2.16. The maximum Gasteiger partial charge on any atom is 0.212 e. The quantitative estimate of drug-likeness (QED) is 0.616. The number of sulfonamides is 1. The largest absolute Gasteiger partial charge is 0.313 e. The molecule has 0 aliphatic rings. The standard InChI is InChI=1S/C12H29N3O2S/c1-6-12(4)15(5)9-7-14-18(16,17)10-8-13-11(2)3/h11-14H,6-10H2,1-5H3. The first-order chi connectivity index (χ1) is 8.28. The average Bonchev–Trinajstić information content (AvgIpc) is 2.26. The summed E-state index contributed by atoms with van der Waals surface area (Å²) in [6.45, 7) is 9.98. The van der Waals surface area contributed by atoms with Gasteiger partial charge < -0.3 is 10.2 Å². The predicted octanol–water partition coefficient (Wildman–Crippen LogP) is 0.634. The Morgan fingerprint density at radius 2 is 1.78 bits per heavy atom. The summed E-state index contributed by atoms with van der Waals surface area (Å²) < 4.78 is 26.0. The van der Waals surface area contributed by atoms with Gasteiger partial charge in [-0.3, -0.25) is 0 Å². The zero-order valence-electron chi connectivity index (χ0n) is 12.4. The van der Waals surface area contributed by atoms with Crippen LogP contribution >= 0.6 is 0 Å². The average molecular weight is 279 g/mol. The zero-order valence-corrected chi connectivity index (χ0v) is 13.2. The molecule has 6 heteroatoms. The van der Waals surface area contributed by atoms with Gasteiger partial charge in [-0.15, -0.1) is 0 Å². The van der Waals surface area contributed by atoms with Gasteiger partial charge in [-0.2, -0.15) is 0 Å². The Hall–Kier alpha value is -0.170. The van der Waals surface area contributed by atoms with E-state index >= 15 is 0 Å². The van der Waals surface area contributed by atoms with Crippen LogP contribution in [0, 0.1) is 0 Å². The van der Waals surface area contributed by atoms with Crippen molar-refractivity contribution in [2.75, 3.05) is 32.4 Å². The lowest BCUT2D eigenvalue weighted by Gasteiger charge is -2.23. The predicted molar refractivity (Wildman–Crippen MR) is 77.3 cm³/mol. The number of nitrogens with one attached hydrogen (secondary N) is 2. The van der Waals surface area contributed by atoms with Crippen LogP contribution in [0.2, 0.25) is 0 Å². The van der Waals surface area contributed by atoms with Crippen LogP contribution in [0.5, 0.6) is 0 Å². The third kappa shape index (κ3) is 8.85. The topological polar surface area (TPSA) is 61.4 Å². The minimum Gasteiger partial charge on any atom is -0.313 e. The Morgan fingerprint density at radius 3 is 2.28 bits per heavy atom. The van der Waals surface area contributed by atoms with E-state index in [9.17, 15) is 8.42 Å². The van der Waals surface area contributed by atoms with Gasteiger partial charge >= 0.3 is 0 Å². The van der Waals surface area contributed by atoms with Crippen LogP contribution in [0.25, 0.3) is 0 Å². The van der Waals surface area contributed by atoms with Gasteiger partial charge in [-0.05, 0) is 20.4 Å². The Balaban J connectivity index is 3.83. The third-order valence-electron chi connectivity index (χ3n) is 3.05. The van der Waals surface area contributed by atoms with Crippen LogP contribution in [0.3, 0.4) is 0 Å². The van der Waals surface area contributed by atoms with Crippen molar-refractivity contribution in [3.8, 4) is 0 Å². The molecule has 0 saturated carbocycles. The molecule has 0 amide bonds. The molecule has 0 aromatic rings. The molecule has 0 bridgehead atoms. The lowest BCUT2D eigenvalue weighted by molar-refractivity contribution is 0.256. The number of likely N-dealkylation sites (N-methyl/N-ethyl adjacent to an activating group) is 1. The first-order valence-electron chi connectivity index (χ1n) is 6.69. The van der Waals surface area contributed by atoms with Gasteiger partial charge in [0.2, 0.25) is 10.0 Å². The summed E-state index contributed by atoms with van der Waals surface area (Å²) in [5.74, 6) is 0.137. The van der Waals surface area contributed by atoms with Crippen LogP contribution in [0.4, 0.5) is 0 Å². The third-order valence-corrected chi connectivity index (χ3v) is 4.44. The maximum absolute atomic E-state index is 11.7. The molecule has 0 spiro atoms. The molecule has 0 aromatic heterocycles. The van der Waals surface area contributed by atoms with E-state index < -0.39 is 10.0 Å². The highest BCUT2D eigenvalue weighted by Gasteiger charge is 2.11. The van der Waals surface area contributed by atoms with Crippen LogP contribution in [0.1, 0.15) is 34.1 Å². The molecule has 1 atom stereocenters. The summed E-state index contributed by atoms with van der Waals surface area (Å²) in [5, 5.41) is 3.10. The first kappa shape index (κ1) is 17.8. The van der Waals surface area contributed by atoms with E-state index in [2.05, 4.69) is 28.8 Å². The molecular formula is C12H29N3O2S. The Labute approximate surface area is 112 Å². The minimum absolute atomic E-state index is 0.137. The highest BCUT2D eigenvalue weighted by Crippen LogP contribution is 1.98.